The number of carbonyl (C=O) groups excluding carboxylic acids is 2. The van der Waals surface area contributed by atoms with Gasteiger partial charge in [-0.25, -0.2) is 12.7 Å². The fourth-order valence-corrected chi connectivity index (χ4v) is 6.48. The summed E-state index contributed by atoms with van der Waals surface area (Å²) in [5, 5.41) is 0. The molecule has 1 aromatic carbocycles. The van der Waals surface area contributed by atoms with Crippen molar-refractivity contribution in [2.45, 2.75) is 65.2 Å². The van der Waals surface area contributed by atoms with Crippen LogP contribution in [0.5, 0.6) is 0 Å². The van der Waals surface area contributed by atoms with Gasteiger partial charge in [-0.05, 0) is 56.4 Å². The standard InChI is InChI=1S/C24H33N3O4S.ClH/c1-15(2)21-22-20(27(24(21)29)32(5,30)31)12-13-25(22)23(28)19-10-8-18(9-11-19)14-26-16(3)6-7-17(26)4;/h8-12,15-17,21-22H,6-7,13-14H2,1-5H3;1H/t16?,17?,21-,22+;/m1./s1. The van der Waals surface area contributed by atoms with Crippen LogP contribution in [0.2, 0.25) is 0 Å². The van der Waals surface area contributed by atoms with Crippen molar-refractivity contribution in [3.63, 3.8) is 0 Å². The molecule has 2 amide bonds. The number of halogens is 1. The number of fused-ring (bicyclic) bond motifs is 1. The third kappa shape index (κ3) is 4.57. The van der Waals surface area contributed by atoms with Crippen LogP contribution in [0.3, 0.4) is 0 Å². The van der Waals surface area contributed by atoms with E-state index in [0.29, 0.717) is 29.9 Å². The van der Waals surface area contributed by atoms with Gasteiger partial charge in [0.05, 0.1) is 23.9 Å². The zero-order valence-electron chi connectivity index (χ0n) is 19.9. The third-order valence-corrected chi connectivity index (χ3v) is 8.26. The Balaban J connectivity index is 0.00000306. The summed E-state index contributed by atoms with van der Waals surface area (Å²) >= 11 is 0. The molecule has 0 aliphatic carbocycles. The normalized spacial score (nSPS) is 27.7. The van der Waals surface area contributed by atoms with Crippen molar-refractivity contribution >= 4 is 34.2 Å². The molecule has 3 aliphatic heterocycles. The first-order chi connectivity index (χ1) is 15.0. The molecule has 9 heteroatoms. The summed E-state index contributed by atoms with van der Waals surface area (Å²) < 4.78 is 25.5. The first kappa shape index (κ1) is 25.7. The minimum atomic E-state index is -3.74. The molecule has 2 unspecified atom stereocenters. The van der Waals surface area contributed by atoms with Crippen LogP contribution in [0.15, 0.2) is 36.0 Å². The molecule has 3 heterocycles. The van der Waals surface area contributed by atoms with Crippen molar-refractivity contribution in [2.24, 2.45) is 11.8 Å². The average Bonchev–Trinajstić information content (AvgIpc) is 3.34. The molecule has 3 aliphatic rings. The van der Waals surface area contributed by atoms with E-state index < -0.39 is 27.9 Å². The van der Waals surface area contributed by atoms with Crippen molar-refractivity contribution in [2.75, 3.05) is 12.8 Å². The molecule has 0 radical (unpaired) electrons. The second-order valence-electron chi connectivity index (χ2n) is 9.81. The van der Waals surface area contributed by atoms with E-state index in [4.69, 9.17) is 0 Å². The Kier molecular flexibility index (Phi) is 7.32. The number of amides is 2. The number of benzene rings is 1. The first-order valence-corrected chi connectivity index (χ1v) is 13.3. The van der Waals surface area contributed by atoms with E-state index in [-0.39, 0.29) is 24.2 Å². The Morgan fingerprint density at radius 3 is 2.18 bits per heavy atom. The van der Waals surface area contributed by atoms with Crippen molar-refractivity contribution < 1.29 is 18.0 Å². The van der Waals surface area contributed by atoms with E-state index in [1.54, 1.807) is 11.0 Å². The summed E-state index contributed by atoms with van der Waals surface area (Å²) in [6.45, 7) is 9.46. The number of likely N-dealkylation sites (tertiary alicyclic amines) is 1. The largest absolute Gasteiger partial charge is 0.325 e. The Hall–Kier alpha value is -1.90. The lowest BCUT2D eigenvalue weighted by atomic mass is 9.89. The highest BCUT2D eigenvalue weighted by Gasteiger charge is 2.54. The smallest absolute Gasteiger partial charge is 0.254 e. The van der Waals surface area contributed by atoms with Crippen LogP contribution < -0.4 is 0 Å². The summed E-state index contributed by atoms with van der Waals surface area (Å²) in [7, 11) is -3.74. The maximum atomic E-state index is 13.4. The molecule has 4 rings (SSSR count). The molecule has 182 valence electrons. The van der Waals surface area contributed by atoms with Crippen LogP contribution in [0.4, 0.5) is 0 Å². The van der Waals surface area contributed by atoms with Gasteiger partial charge in [-0.2, -0.15) is 0 Å². The van der Waals surface area contributed by atoms with E-state index in [2.05, 4.69) is 18.7 Å². The topological polar surface area (TPSA) is 78.0 Å². The number of hydrogen-bond donors (Lipinski definition) is 0. The average molecular weight is 496 g/mol. The molecule has 4 atom stereocenters. The van der Waals surface area contributed by atoms with E-state index in [1.807, 2.05) is 38.1 Å². The van der Waals surface area contributed by atoms with Crippen molar-refractivity contribution in [3.8, 4) is 0 Å². The monoisotopic (exact) mass is 495 g/mol. The molecule has 0 aromatic heterocycles. The van der Waals surface area contributed by atoms with Crippen LogP contribution in [-0.2, 0) is 21.4 Å². The first-order valence-electron chi connectivity index (χ1n) is 11.4. The highest BCUT2D eigenvalue weighted by molar-refractivity contribution is 7.89. The molecule has 2 saturated heterocycles. The maximum absolute atomic E-state index is 13.4. The van der Waals surface area contributed by atoms with Gasteiger partial charge in [0, 0.05) is 30.7 Å². The lowest BCUT2D eigenvalue weighted by molar-refractivity contribution is -0.128. The fourth-order valence-electron chi connectivity index (χ4n) is 5.47. The van der Waals surface area contributed by atoms with Gasteiger partial charge < -0.3 is 4.90 Å². The summed E-state index contributed by atoms with van der Waals surface area (Å²) in [4.78, 5) is 30.5. The second-order valence-corrected chi connectivity index (χ2v) is 11.6. The number of nitrogens with zero attached hydrogens (tertiary/aromatic N) is 3. The SMILES string of the molecule is CC(C)[C@H]1C(=O)N(S(C)(=O)=O)C2=CCN(C(=O)c3ccc(CN4C(C)CCC4C)cc3)[C@@H]21.Cl. The van der Waals surface area contributed by atoms with Gasteiger partial charge in [0.2, 0.25) is 15.9 Å². The zero-order valence-corrected chi connectivity index (χ0v) is 21.5. The Bertz CT molecular complexity index is 1040. The Labute approximate surface area is 203 Å². The van der Waals surface area contributed by atoms with Crippen LogP contribution in [-0.4, -0.2) is 65.3 Å². The van der Waals surface area contributed by atoms with Gasteiger partial charge in [0.15, 0.2) is 0 Å². The molecule has 1 aromatic rings. The minimum Gasteiger partial charge on any atom is -0.325 e. The van der Waals surface area contributed by atoms with E-state index in [0.717, 1.165) is 17.1 Å². The zero-order chi connectivity index (χ0) is 23.4. The van der Waals surface area contributed by atoms with Gasteiger partial charge in [-0.1, -0.05) is 26.0 Å². The molecule has 33 heavy (non-hydrogen) atoms. The number of hydrogen-bond acceptors (Lipinski definition) is 5. The summed E-state index contributed by atoms with van der Waals surface area (Å²) in [5.74, 6) is -1.28. The lowest BCUT2D eigenvalue weighted by Crippen LogP contribution is -2.43. The molecule has 2 fully saturated rings. The van der Waals surface area contributed by atoms with Crippen molar-refractivity contribution in [1.29, 1.82) is 0 Å². The number of rotatable bonds is 5. The van der Waals surface area contributed by atoms with Gasteiger partial charge in [-0.3, -0.25) is 14.5 Å². The highest BCUT2D eigenvalue weighted by Crippen LogP contribution is 2.41. The summed E-state index contributed by atoms with van der Waals surface area (Å²) in [6.07, 6.45) is 5.17. The molecule has 0 bridgehead atoms. The fraction of sp³-hybridized carbons (Fsp3) is 0.583. The van der Waals surface area contributed by atoms with Crippen molar-refractivity contribution in [3.05, 3.63) is 47.2 Å². The highest BCUT2D eigenvalue weighted by atomic mass is 35.5. The van der Waals surface area contributed by atoms with Gasteiger partial charge in [-0.15, -0.1) is 12.4 Å². The lowest BCUT2D eigenvalue weighted by Gasteiger charge is -2.29. The predicted octanol–water partition coefficient (Wildman–Crippen LogP) is 3.26. The van der Waals surface area contributed by atoms with Crippen LogP contribution in [0.1, 0.15) is 56.5 Å². The summed E-state index contributed by atoms with van der Waals surface area (Å²) in [5.41, 5.74) is 2.14. The van der Waals surface area contributed by atoms with E-state index in [9.17, 15) is 18.0 Å². The molecule has 0 spiro atoms. The molecular formula is C24H34ClN3O4S. The van der Waals surface area contributed by atoms with Crippen LogP contribution >= 0.6 is 12.4 Å². The van der Waals surface area contributed by atoms with Gasteiger partial charge in [0.25, 0.3) is 5.91 Å². The number of sulfonamides is 1. The molecule has 0 N–H and O–H groups in total. The van der Waals surface area contributed by atoms with E-state index in [1.165, 1.54) is 18.4 Å². The minimum absolute atomic E-state index is 0. The maximum Gasteiger partial charge on any atom is 0.254 e. The molecular weight excluding hydrogens is 462 g/mol. The second kappa shape index (κ2) is 9.39. The van der Waals surface area contributed by atoms with Gasteiger partial charge >= 0.3 is 0 Å². The predicted molar refractivity (Wildman–Crippen MR) is 130 cm³/mol. The molecule has 7 nitrogen and oxygen atoms in total. The van der Waals surface area contributed by atoms with Crippen LogP contribution in [0.25, 0.3) is 0 Å². The Morgan fingerprint density at radius 1 is 1.09 bits per heavy atom. The van der Waals surface area contributed by atoms with Crippen molar-refractivity contribution in [1.82, 2.24) is 14.1 Å². The van der Waals surface area contributed by atoms with E-state index >= 15 is 0 Å². The summed E-state index contributed by atoms with van der Waals surface area (Å²) in [6, 6.07) is 8.26. The quantitative estimate of drug-likeness (QED) is 0.626. The van der Waals surface area contributed by atoms with Gasteiger partial charge in [0.1, 0.15) is 0 Å². The van der Waals surface area contributed by atoms with Crippen LogP contribution in [0, 0.1) is 11.8 Å². The number of carbonyl (C=O) groups is 2. The third-order valence-electron chi connectivity index (χ3n) is 7.21. The Morgan fingerprint density at radius 2 is 1.67 bits per heavy atom. The molecule has 0 saturated carbocycles.